The Morgan fingerprint density at radius 2 is 1.63 bits per heavy atom. The van der Waals surface area contributed by atoms with Crippen molar-refractivity contribution in [2.45, 2.75) is 57.3 Å². The van der Waals surface area contributed by atoms with Gasteiger partial charge in [-0.1, -0.05) is 45.0 Å². The maximum Gasteiger partial charge on any atom is 0.00882 e. The van der Waals surface area contributed by atoms with Gasteiger partial charge < -0.3 is 5.32 Å². The van der Waals surface area contributed by atoms with Crippen molar-refractivity contribution in [1.82, 2.24) is 5.32 Å². The van der Waals surface area contributed by atoms with Crippen molar-refractivity contribution >= 4 is 0 Å². The van der Waals surface area contributed by atoms with Gasteiger partial charge in [-0.3, -0.25) is 0 Å². The van der Waals surface area contributed by atoms with Gasteiger partial charge >= 0.3 is 0 Å². The Balaban J connectivity index is 1.83. The van der Waals surface area contributed by atoms with Crippen LogP contribution in [-0.4, -0.2) is 13.6 Å². The highest BCUT2D eigenvalue weighted by atomic mass is 14.9. The first kappa shape index (κ1) is 13.2. The van der Waals surface area contributed by atoms with Crippen molar-refractivity contribution in [2.75, 3.05) is 13.6 Å². The molecule has 0 saturated heterocycles. The van der Waals surface area contributed by atoms with Crippen LogP contribution in [0.1, 0.15) is 57.6 Å². The number of benzene rings is 1. The lowest BCUT2D eigenvalue weighted by atomic mass is 9.56. The van der Waals surface area contributed by atoms with E-state index in [9.17, 15) is 0 Å². The molecule has 2 saturated carbocycles. The summed E-state index contributed by atoms with van der Waals surface area (Å²) < 4.78 is 0. The quantitative estimate of drug-likeness (QED) is 0.862. The van der Waals surface area contributed by atoms with Crippen LogP contribution in [0.15, 0.2) is 24.3 Å². The maximum atomic E-state index is 3.42. The highest BCUT2D eigenvalue weighted by molar-refractivity contribution is 5.37. The second-order valence-electron chi connectivity index (χ2n) is 7.99. The SMILES string of the molecule is CNCC1(c2ccc(C(C)(C)C)cc2)CC2(CC2)C1. The molecular formula is C18H27N. The molecule has 1 heteroatoms. The summed E-state index contributed by atoms with van der Waals surface area (Å²) in [5.41, 5.74) is 4.41. The molecule has 104 valence electrons. The summed E-state index contributed by atoms with van der Waals surface area (Å²) in [6.07, 6.45) is 5.74. The third kappa shape index (κ3) is 2.23. The van der Waals surface area contributed by atoms with Crippen LogP contribution in [0, 0.1) is 5.41 Å². The normalized spacial score (nSPS) is 23.2. The largest absolute Gasteiger partial charge is 0.319 e. The Morgan fingerprint density at radius 1 is 1.05 bits per heavy atom. The molecule has 0 radical (unpaired) electrons. The summed E-state index contributed by atoms with van der Waals surface area (Å²) in [6.45, 7) is 7.99. The molecule has 2 fully saturated rings. The van der Waals surface area contributed by atoms with Crippen molar-refractivity contribution in [2.24, 2.45) is 5.41 Å². The zero-order chi connectivity index (χ0) is 13.7. The molecule has 0 bridgehead atoms. The van der Waals surface area contributed by atoms with Crippen molar-refractivity contribution < 1.29 is 0 Å². The first-order valence-electron chi connectivity index (χ1n) is 7.65. The van der Waals surface area contributed by atoms with Gasteiger partial charge in [0, 0.05) is 12.0 Å². The molecule has 1 aromatic rings. The lowest BCUT2D eigenvalue weighted by molar-refractivity contribution is 0.118. The van der Waals surface area contributed by atoms with Crippen LogP contribution >= 0.6 is 0 Å². The molecule has 2 aliphatic rings. The summed E-state index contributed by atoms with van der Waals surface area (Å²) in [5.74, 6) is 0. The van der Waals surface area contributed by atoms with Gasteiger partial charge in [0.05, 0.1) is 0 Å². The zero-order valence-electron chi connectivity index (χ0n) is 12.8. The number of hydrogen-bond acceptors (Lipinski definition) is 1. The van der Waals surface area contributed by atoms with E-state index in [0.717, 1.165) is 12.0 Å². The molecule has 0 unspecified atom stereocenters. The second kappa shape index (κ2) is 4.09. The monoisotopic (exact) mass is 257 g/mol. The van der Waals surface area contributed by atoms with E-state index in [1.54, 1.807) is 5.56 Å². The summed E-state index contributed by atoms with van der Waals surface area (Å²) in [6, 6.07) is 9.44. The number of nitrogens with one attached hydrogen (secondary N) is 1. The Kier molecular flexibility index (Phi) is 2.83. The lowest BCUT2D eigenvalue weighted by Crippen LogP contribution is -2.49. The van der Waals surface area contributed by atoms with Gasteiger partial charge in [0.15, 0.2) is 0 Å². The molecule has 0 heterocycles. The zero-order valence-corrected chi connectivity index (χ0v) is 12.8. The molecule has 1 nitrogen and oxygen atoms in total. The third-order valence-corrected chi connectivity index (χ3v) is 5.26. The molecule has 0 atom stereocenters. The van der Waals surface area contributed by atoms with Crippen LogP contribution < -0.4 is 5.32 Å². The van der Waals surface area contributed by atoms with E-state index in [0.29, 0.717) is 5.41 Å². The smallest absolute Gasteiger partial charge is 0.00882 e. The fraction of sp³-hybridized carbons (Fsp3) is 0.667. The average molecular weight is 257 g/mol. The summed E-state index contributed by atoms with van der Waals surface area (Å²) >= 11 is 0. The molecule has 0 aromatic heterocycles. The van der Waals surface area contributed by atoms with Crippen molar-refractivity contribution in [3.8, 4) is 0 Å². The Bertz CT molecular complexity index is 451. The first-order valence-corrected chi connectivity index (χ1v) is 7.65. The molecule has 3 rings (SSSR count). The fourth-order valence-corrected chi connectivity index (χ4v) is 4.01. The Hall–Kier alpha value is -0.820. The van der Waals surface area contributed by atoms with E-state index in [1.807, 2.05) is 0 Å². The molecule has 0 amide bonds. The maximum absolute atomic E-state index is 3.42. The minimum absolute atomic E-state index is 0.256. The minimum atomic E-state index is 0.256. The molecular weight excluding hydrogens is 230 g/mol. The van der Waals surface area contributed by atoms with Crippen LogP contribution in [0.5, 0.6) is 0 Å². The van der Waals surface area contributed by atoms with Gasteiger partial charge in [0.1, 0.15) is 0 Å². The first-order chi connectivity index (χ1) is 8.89. The van der Waals surface area contributed by atoms with Crippen LogP contribution in [-0.2, 0) is 10.8 Å². The van der Waals surface area contributed by atoms with Crippen molar-refractivity contribution in [1.29, 1.82) is 0 Å². The van der Waals surface area contributed by atoms with E-state index in [1.165, 1.54) is 31.2 Å². The van der Waals surface area contributed by atoms with Gasteiger partial charge in [0.25, 0.3) is 0 Å². The highest BCUT2D eigenvalue weighted by Gasteiger charge is 2.60. The predicted octanol–water partition coefficient (Wildman–Crippen LogP) is 4.02. The third-order valence-electron chi connectivity index (χ3n) is 5.26. The molecule has 1 spiro atoms. The molecule has 1 N–H and O–H groups in total. The second-order valence-corrected chi connectivity index (χ2v) is 7.99. The van der Waals surface area contributed by atoms with Crippen LogP contribution in [0.2, 0.25) is 0 Å². The van der Waals surface area contributed by atoms with Crippen molar-refractivity contribution in [3.05, 3.63) is 35.4 Å². The van der Waals surface area contributed by atoms with Gasteiger partial charge in [0.2, 0.25) is 0 Å². The van der Waals surface area contributed by atoms with E-state index in [-0.39, 0.29) is 5.41 Å². The predicted molar refractivity (Wildman–Crippen MR) is 81.6 cm³/mol. The molecule has 2 aliphatic carbocycles. The van der Waals surface area contributed by atoms with E-state index in [2.05, 4.69) is 57.4 Å². The van der Waals surface area contributed by atoms with Crippen molar-refractivity contribution in [3.63, 3.8) is 0 Å². The number of rotatable bonds is 3. The summed E-state index contributed by atoms with van der Waals surface area (Å²) in [7, 11) is 2.09. The number of likely N-dealkylation sites (N-methyl/N-ethyl adjacent to an activating group) is 1. The summed E-state index contributed by atoms with van der Waals surface area (Å²) in [4.78, 5) is 0. The lowest BCUT2D eigenvalue weighted by Gasteiger charge is -2.49. The molecule has 0 aliphatic heterocycles. The van der Waals surface area contributed by atoms with Gasteiger partial charge in [-0.15, -0.1) is 0 Å². The molecule has 1 aromatic carbocycles. The van der Waals surface area contributed by atoms with E-state index < -0.39 is 0 Å². The highest BCUT2D eigenvalue weighted by Crippen LogP contribution is 2.68. The average Bonchev–Trinajstić information content (AvgIpc) is 3.08. The van der Waals surface area contributed by atoms with Crippen LogP contribution in [0.4, 0.5) is 0 Å². The Morgan fingerprint density at radius 3 is 2.05 bits per heavy atom. The van der Waals surface area contributed by atoms with Crippen LogP contribution in [0.3, 0.4) is 0 Å². The minimum Gasteiger partial charge on any atom is -0.319 e. The summed E-state index contributed by atoms with van der Waals surface area (Å²) in [5, 5.41) is 3.42. The molecule has 19 heavy (non-hydrogen) atoms. The van der Waals surface area contributed by atoms with Gasteiger partial charge in [-0.25, -0.2) is 0 Å². The van der Waals surface area contributed by atoms with E-state index >= 15 is 0 Å². The van der Waals surface area contributed by atoms with E-state index in [4.69, 9.17) is 0 Å². The van der Waals surface area contributed by atoms with Gasteiger partial charge in [-0.05, 0) is 54.7 Å². The standard InChI is InChI=1S/C18H27N/c1-16(2,3)14-5-7-15(8-6-14)18(13-19-4)11-17(12-18)9-10-17/h5-8,19H,9-13H2,1-4H3. The topological polar surface area (TPSA) is 12.0 Å². The fourth-order valence-electron chi connectivity index (χ4n) is 4.01. The van der Waals surface area contributed by atoms with Gasteiger partial charge in [-0.2, -0.15) is 0 Å². The number of hydrogen-bond donors (Lipinski definition) is 1. The van der Waals surface area contributed by atoms with Crippen LogP contribution in [0.25, 0.3) is 0 Å². The Labute approximate surface area is 117 Å².